The van der Waals surface area contributed by atoms with Crippen molar-refractivity contribution in [3.05, 3.63) is 28.8 Å². The molecule has 1 saturated heterocycles. The van der Waals surface area contributed by atoms with Crippen LogP contribution >= 0.6 is 11.6 Å². The largest absolute Gasteiger partial charge is 0.398 e. The summed E-state index contributed by atoms with van der Waals surface area (Å²) in [6.07, 6.45) is 4.07. The third-order valence-electron chi connectivity index (χ3n) is 3.94. The number of hydrogen-bond acceptors (Lipinski definition) is 3. The molecule has 3 nitrogen and oxygen atoms in total. The Kier molecular flexibility index (Phi) is 3.46. The number of anilines is 1. The maximum absolute atomic E-state index is 5.92. The van der Waals surface area contributed by atoms with Crippen LogP contribution in [0.15, 0.2) is 18.2 Å². The first-order chi connectivity index (χ1) is 8.72. The van der Waals surface area contributed by atoms with Gasteiger partial charge in [-0.05, 0) is 37.0 Å². The van der Waals surface area contributed by atoms with Crippen molar-refractivity contribution < 1.29 is 0 Å². The van der Waals surface area contributed by atoms with Crippen molar-refractivity contribution >= 4 is 17.3 Å². The lowest BCUT2D eigenvalue weighted by Crippen LogP contribution is -2.32. The van der Waals surface area contributed by atoms with E-state index in [9.17, 15) is 0 Å². The van der Waals surface area contributed by atoms with Gasteiger partial charge in [0.15, 0.2) is 0 Å². The van der Waals surface area contributed by atoms with Crippen molar-refractivity contribution in [2.24, 2.45) is 0 Å². The van der Waals surface area contributed by atoms with Crippen molar-refractivity contribution in [1.82, 2.24) is 10.2 Å². The number of rotatable bonds is 4. The van der Waals surface area contributed by atoms with Gasteiger partial charge in [-0.2, -0.15) is 0 Å². The fourth-order valence-electron chi connectivity index (χ4n) is 2.69. The van der Waals surface area contributed by atoms with Crippen LogP contribution in [-0.4, -0.2) is 30.1 Å². The van der Waals surface area contributed by atoms with Crippen molar-refractivity contribution in [3.63, 3.8) is 0 Å². The molecule has 1 unspecified atom stereocenters. The maximum atomic E-state index is 5.92. The van der Waals surface area contributed by atoms with Gasteiger partial charge in [0.05, 0.1) is 10.7 Å². The zero-order chi connectivity index (χ0) is 12.5. The van der Waals surface area contributed by atoms with Gasteiger partial charge in [-0.15, -0.1) is 0 Å². The number of halogens is 1. The molecule has 1 aliphatic carbocycles. The van der Waals surface area contributed by atoms with E-state index in [4.69, 9.17) is 17.3 Å². The van der Waals surface area contributed by atoms with Crippen LogP contribution in [0.2, 0.25) is 5.02 Å². The maximum Gasteiger partial charge on any atom is 0.0635 e. The second-order valence-electron chi connectivity index (χ2n) is 5.45. The zero-order valence-electron chi connectivity index (χ0n) is 10.5. The standard InChI is InChI=1S/C14H20ClN3/c15-13-4-1-10(7-14(13)16)8-17-11-5-6-18(9-11)12-2-3-12/h1,4,7,11-12,17H,2-3,5-6,8-9,16H2. The van der Waals surface area contributed by atoms with Crippen LogP contribution in [0.3, 0.4) is 0 Å². The Morgan fingerprint density at radius 1 is 1.33 bits per heavy atom. The van der Waals surface area contributed by atoms with Gasteiger partial charge < -0.3 is 11.1 Å². The Morgan fingerprint density at radius 3 is 2.89 bits per heavy atom. The molecule has 3 rings (SSSR count). The predicted molar refractivity (Wildman–Crippen MR) is 75.7 cm³/mol. The third kappa shape index (κ3) is 2.79. The normalized spacial score (nSPS) is 24.6. The van der Waals surface area contributed by atoms with E-state index in [1.807, 2.05) is 18.2 Å². The minimum Gasteiger partial charge on any atom is -0.398 e. The molecule has 3 N–H and O–H groups in total. The molecular formula is C14H20ClN3. The SMILES string of the molecule is Nc1cc(CNC2CCN(C3CC3)C2)ccc1Cl. The molecule has 0 bridgehead atoms. The van der Waals surface area contributed by atoms with E-state index in [0.717, 1.165) is 12.6 Å². The summed E-state index contributed by atoms with van der Waals surface area (Å²) in [5.41, 5.74) is 7.68. The summed E-state index contributed by atoms with van der Waals surface area (Å²) in [6, 6.07) is 7.40. The molecule has 2 aliphatic rings. The highest BCUT2D eigenvalue weighted by Crippen LogP contribution is 2.29. The van der Waals surface area contributed by atoms with E-state index >= 15 is 0 Å². The van der Waals surface area contributed by atoms with Gasteiger partial charge in [0, 0.05) is 31.7 Å². The first-order valence-electron chi connectivity index (χ1n) is 6.74. The van der Waals surface area contributed by atoms with Gasteiger partial charge in [0.25, 0.3) is 0 Å². The fraction of sp³-hybridized carbons (Fsp3) is 0.571. The molecule has 18 heavy (non-hydrogen) atoms. The summed E-state index contributed by atoms with van der Waals surface area (Å²) in [5.74, 6) is 0. The molecule has 1 atom stereocenters. The molecule has 0 aromatic heterocycles. The van der Waals surface area contributed by atoms with Crippen LogP contribution in [0.4, 0.5) is 5.69 Å². The molecule has 4 heteroatoms. The van der Waals surface area contributed by atoms with Crippen molar-refractivity contribution in [2.75, 3.05) is 18.8 Å². The van der Waals surface area contributed by atoms with Crippen LogP contribution in [-0.2, 0) is 6.54 Å². The van der Waals surface area contributed by atoms with Crippen molar-refractivity contribution in [2.45, 2.75) is 37.9 Å². The number of nitrogens with two attached hydrogens (primary N) is 1. The topological polar surface area (TPSA) is 41.3 Å². The van der Waals surface area contributed by atoms with E-state index in [-0.39, 0.29) is 0 Å². The minimum atomic E-state index is 0.627. The molecule has 1 saturated carbocycles. The number of nitrogen functional groups attached to an aromatic ring is 1. The van der Waals surface area contributed by atoms with Crippen LogP contribution in [0, 0.1) is 0 Å². The van der Waals surface area contributed by atoms with Gasteiger partial charge in [-0.1, -0.05) is 17.7 Å². The Hall–Kier alpha value is -0.770. The van der Waals surface area contributed by atoms with Gasteiger partial charge in [-0.25, -0.2) is 0 Å². The summed E-state index contributed by atoms with van der Waals surface area (Å²) in [4.78, 5) is 2.62. The Balaban J connectivity index is 1.50. The smallest absolute Gasteiger partial charge is 0.0635 e. The lowest BCUT2D eigenvalue weighted by molar-refractivity contribution is 0.317. The Bertz CT molecular complexity index is 431. The van der Waals surface area contributed by atoms with E-state index in [2.05, 4.69) is 10.2 Å². The van der Waals surface area contributed by atoms with Crippen molar-refractivity contribution in [1.29, 1.82) is 0 Å². The van der Waals surface area contributed by atoms with E-state index in [1.165, 1.54) is 37.9 Å². The molecule has 1 heterocycles. The Morgan fingerprint density at radius 2 is 2.17 bits per heavy atom. The number of likely N-dealkylation sites (tertiary alicyclic amines) is 1. The lowest BCUT2D eigenvalue weighted by Gasteiger charge is -2.16. The summed E-state index contributed by atoms with van der Waals surface area (Å²) in [6.45, 7) is 3.34. The highest BCUT2D eigenvalue weighted by Gasteiger charge is 2.33. The molecule has 98 valence electrons. The predicted octanol–water partition coefficient (Wildman–Crippen LogP) is 2.25. The van der Waals surface area contributed by atoms with Gasteiger partial charge >= 0.3 is 0 Å². The molecule has 1 aromatic carbocycles. The third-order valence-corrected chi connectivity index (χ3v) is 4.28. The summed E-state index contributed by atoms with van der Waals surface area (Å²) in [7, 11) is 0. The molecule has 0 amide bonds. The first-order valence-corrected chi connectivity index (χ1v) is 7.11. The average molecular weight is 266 g/mol. The lowest BCUT2D eigenvalue weighted by atomic mass is 10.2. The van der Waals surface area contributed by atoms with Crippen LogP contribution in [0.25, 0.3) is 0 Å². The second-order valence-corrected chi connectivity index (χ2v) is 5.86. The highest BCUT2D eigenvalue weighted by molar-refractivity contribution is 6.33. The van der Waals surface area contributed by atoms with Crippen LogP contribution < -0.4 is 11.1 Å². The number of benzene rings is 1. The highest BCUT2D eigenvalue weighted by atomic mass is 35.5. The molecule has 1 aliphatic heterocycles. The summed E-state index contributed by atoms with van der Waals surface area (Å²) < 4.78 is 0. The fourth-order valence-corrected chi connectivity index (χ4v) is 2.81. The van der Waals surface area contributed by atoms with Gasteiger partial charge in [0.1, 0.15) is 0 Å². The number of nitrogens with one attached hydrogen (secondary N) is 1. The first kappa shape index (κ1) is 12.3. The number of hydrogen-bond donors (Lipinski definition) is 2. The van der Waals surface area contributed by atoms with E-state index in [0.29, 0.717) is 16.8 Å². The monoisotopic (exact) mass is 265 g/mol. The van der Waals surface area contributed by atoms with Crippen molar-refractivity contribution in [3.8, 4) is 0 Å². The summed E-state index contributed by atoms with van der Waals surface area (Å²) >= 11 is 5.92. The van der Waals surface area contributed by atoms with Gasteiger partial charge in [0.2, 0.25) is 0 Å². The average Bonchev–Trinajstić information content (AvgIpc) is 3.11. The zero-order valence-corrected chi connectivity index (χ0v) is 11.3. The van der Waals surface area contributed by atoms with Crippen LogP contribution in [0.1, 0.15) is 24.8 Å². The number of nitrogens with zero attached hydrogens (tertiary/aromatic N) is 1. The molecule has 1 aromatic rings. The van der Waals surface area contributed by atoms with E-state index < -0.39 is 0 Å². The summed E-state index contributed by atoms with van der Waals surface area (Å²) in [5, 5.41) is 4.26. The molecule has 2 fully saturated rings. The Labute approximate surface area is 113 Å². The molecule has 0 radical (unpaired) electrons. The van der Waals surface area contributed by atoms with Gasteiger partial charge in [-0.3, -0.25) is 4.90 Å². The molecule has 0 spiro atoms. The quantitative estimate of drug-likeness (QED) is 0.821. The molecular weight excluding hydrogens is 246 g/mol. The van der Waals surface area contributed by atoms with E-state index in [1.54, 1.807) is 0 Å². The van der Waals surface area contributed by atoms with Crippen LogP contribution in [0.5, 0.6) is 0 Å². The second kappa shape index (κ2) is 5.08. The minimum absolute atomic E-state index is 0.627.